The molecule has 78 valence electrons. The Morgan fingerprint density at radius 3 is 2.57 bits per heavy atom. The van der Waals surface area contributed by atoms with Crippen LogP contribution in [-0.4, -0.2) is 11.5 Å². The topological polar surface area (TPSA) is 38.9 Å². The standard InChI is InChI=1S/C9H10N2S.2ClH/c10-6-5-9-11-7-3-1-2-4-8(7)12-9;;/h1-4H,5-6,10H2;2*1H. The van der Waals surface area contributed by atoms with E-state index in [0.29, 0.717) is 6.54 Å². The quantitative estimate of drug-likeness (QED) is 0.891. The minimum absolute atomic E-state index is 0. The van der Waals surface area contributed by atoms with Crippen molar-refractivity contribution in [2.75, 3.05) is 6.54 Å². The van der Waals surface area contributed by atoms with E-state index in [2.05, 4.69) is 11.1 Å². The fourth-order valence-electron chi connectivity index (χ4n) is 1.15. The van der Waals surface area contributed by atoms with Gasteiger partial charge in [0.05, 0.1) is 15.2 Å². The second kappa shape index (κ2) is 6.19. The van der Waals surface area contributed by atoms with Crippen LogP contribution >= 0.6 is 36.2 Å². The molecule has 0 radical (unpaired) electrons. The summed E-state index contributed by atoms with van der Waals surface area (Å²) in [6.07, 6.45) is 0.888. The number of nitrogens with two attached hydrogens (primary N) is 1. The number of halogens is 2. The molecule has 2 aromatic rings. The van der Waals surface area contributed by atoms with Crippen molar-refractivity contribution in [2.24, 2.45) is 5.73 Å². The number of hydrogen-bond donors (Lipinski definition) is 1. The van der Waals surface area contributed by atoms with Gasteiger partial charge in [0, 0.05) is 6.42 Å². The molecular weight excluding hydrogens is 239 g/mol. The summed E-state index contributed by atoms with van der Waals surface area (Å²) in [5.74, 6) is 0. The first-order valence-electron chi connectivity index (χ1n) is 3.94. The summed E-state index contributed by atoms with van der Waals surface area (Å²) >= 11 is 1.73. The Kier molecular flexibility index (Phi) is 6.04. The fourth-order valence-corrected chi connectivity index (χ4v) is 2.13. The molecule has 0 amide bonds. The minimum Gasteiger partial charge on any atom is -0.330 e. The summed E-state index contributed by atoms with van der Waals surface area (Å²) < 4.78 is 1.25. The van der Waals surface area contributed by atoms with Gasteiger partial charge in [0.2, 0.25) is 0 Å². The first kappa shape index (κ1) is 13.7. The molecule has 1 aromatic carbocycles. The zero-order valence-corrected chi connectivity index (χ0v) is 9.92. The summed E-state index contributed by atoms with van der Waals surface area (Å²) in [5.41, 5.74) is 6.54. The van der Waals surface area contributed by atoms with E-state index < -0.39 is 0 Å². The molecule has 14 heavy (non-hydrogen) atoms. The van der Waals surface area contributed by atoms with Gasteiger partial charge in [-0.25, -0.2) is 4.98 Å². The predicted octanol–water partition coefficient (Wildman–Crippen LogP) is 2.64. The number of fused-ring (bicyclic) bond motifs is 1. The highest BCUT2D eigenvalue weighted by Crippen LogP contribution is 2.21. The van der Waals surface area contributed by atoms with E-state index in [0.717, 1.165) is 16.9 Å². The summed E-state index contributed by atoms with van der Waals surface area (Å²) in [4.78, 5) is 4.44. The van der Waals surface area contributed by atoms with Gasteiger partial charge in [0.25, 0.3) is 0 Å². The molecule has 1 aromatic heterocycles. The van der Waals surface area contributed by atoms with Crippen molar-refractivity contribution < 1.29 is 0 Å². The number of thiazole rings is 1. The van der Waals surface area contributed by atoms with Gasteiger partial charge in [-0.1, -0.05) is 12.1 Å². The van der Waals surface area contributed by atoms with Crippen LogP contribution in [0.15, 0.2) is 24.3 Å². The van der Waals surface area contributed by atoms with Crippen molar-refractivity contribution >= 4 is 46.4 Å². The molecule has 0 unspecified atom stereocenters. The van der Waals surface area contributed by atoms with Crippen molar-refractivity contribution in [3.05, 3.63) is 29.3 Å². The predicted molar refractivity (Wildman–Crippen MR) is 66.9 cm³/mol. The van der Waals surface area contributed by atoms with Gasteiger partial charge in [0.1, 0.15) is 0 Å². The largest absolute Gasteiger partial charge is 0.330 e. The summed E-state index contributed by atoms with van der Waals surface area (Å²) in [7, 11) is 0. The Morgan fingerprint density at radius 2 is 1.93 bits per heavy atom. The number of rotatable bonds is 2. The van der Waals surface area contributed by atoms with Crippen molar-refractivity contribution in [2.45, 2.75) is 6.42 Å². The average Bonchev–Trinajstić information content (AvgIpc) is 2.47. The molecule has 2 N–H and O–H groups in total. The van der Waals surface area contributed by atoms with Gasteiger partial charge < -0.3 is 5.73 Å². The van der Waals surface area contributed by atoms with E-state index >= 15 is 0 Å². The maximum absolute atomic E-state index is 5.45. The number of nitrogens with zero attached hydrogens (tertiary/aromatic N) is 1. The Hall–Kier alpha value is -0.350. The molecule has 1 heterocycles. The molecule has 5 heteroatoms. The van der Waals surface area contributed by atoms with Crippen molar-refractivity contribution in [3.8, 4) is 0 Å². The summed E-state index contributed by atoms with van der Waals surface area (Å²) in [6.45, 7) is 0.680. The highest BCUT2D eigenvalue weighted by molar-refractivity contribution is 7.18. The molecule has 0 saturated carbocycles. The van der Waals surface area contributed by atoms with Gasteiger partial charge in [-0.05, 0) is 18.7 Å². The molecule has 0 atom stereocenters. The van der Waals surface area contributed by atoms with E-state index in [1.54, 1.807) is 11.3 Å². The molecule has 0 aliphatic rings. The highest BCUT2D eigenvalue weighted by Gasteiger charge is 2.00. The molecule has 0 bridgehead atoms. The van der Waals surface area contributed by atoms with Gasteiger partial charge in [-0.2, -0.15) is 0 Å². The Morgan fingerprint density at radius 1 is 1.21 bits per heavy atom. The third-order valence-electron chi connectivity index (χ3n) is 1.70. The van der Waals surface area contributed by atoms with Crippen LogP contribution in [0.4, 0.5) is 0 Å². The SMILES string of the molecule is Cl.Cl.NCCc1nc2ccccc2s1. The maximum Gasteiger partial charge on any atom is 0.0951 e. The van der Waals surface area contributed by atoms with Gasteiger partial charge >= 0.3 is 0 Å². The third kappa shape index (κ3) is 2.82. The van der Waals surface area contributed by atoms with Crippen LogP contribution < -0.4 is 5.73 Å². The van der Waals surface area contributed by atoms with Gasteiger partial charge in [-0.3, -0.25) is 0 Å². The molecule has 0 fully saturated rings. The molecule has 0 saturated heterocycles. The lowest BCUT2D eigenvalue weighted by molar-refractivity contribution is 0.958. The van der Waals surface area contributed by atoms with Crippen LogP contribution in [0.25, 0.3) is 10.2 Å². The van der Waals surface area contributed by atoms with E-state index in [-0.39, 0.29) is 24.8 Å². The van der Waals surface area contributed by atoms with Crippen LogP contribution in [0.3, 0.4) is 0 Å². The van der Waals surface area contributed by atoms with Gasteiger partial charge in [-0.15, -0.1) is 36.2 Å². The second-order valence-corrected chi connectivity index (χ2v) is 3.73. The Bertz CT molecular complexity index is 356. The van der Waals surface area contributed by atoms with Crippen LogP contribution in [0.5, 0.6) is 0 Å². The minimum atomic E-state index is 0. The monoisotopic (exact) mass is 250 g/mol. The second-order valence-electron chi connectivity index (χ2n) is 2.61. The Balaban J connectivity index is 0.000000845. The van der Waals surface area contributed by atoms with Crippen molar-refractivity contribution in [3.63, 3.8) is 0 Å². The van der Waals surface area contributed by atoms with E-state index in [4.69, 9.17) is 5.73 Å². The highest BCUT2D eigenvalue weighted by atomic mass is 35.5. The number of benzene rings is 1. The van der Waals surface area contributed by atoms with Crippen molar-refractivity contribution in [1.82, 2.24) is 4.98 Å². The average molecular weight is 251 g/mol. The molecule has 0 aliphatic heterocycles. The van der Waals surface area contributed by atoms with E-state index in [1.165, 1.54) is 4.70 Å². The zero-order chi connectivity index (χ0) is 8.39. The summed E-state index contributed by atoms with van der Waals surface area (Å²) in [6, 6.07) is 8.17. The van der Waals surface area contributed by atoms with Crippen LogP contribution in [0.2, 0.25) is 0 Å². The lowest BCUT2D eigenvalue weighted by Crippen LogP contribution is -2.01. The normalized spacial score (nSPS) is 9.21. The Labute approximate surface area is 99.3 Å². The fraction of sp³-hybridized carbons (Fsp3) is 0.222. The number of aromatic nitrogens is 1. The first-order chi connectivity index (χ1) is 5.90. The third-order valence-corrected chi connectivity index (χ3v) is 2.79. The van der Waals surface area contributed by atoms with E-state index in [9.17, 15) is 0 Å². The molecular formula is C9H12Cl2N2S. The smallest absolute Gasteiger partial charge is 0.0951 e. The molecule has 2 nitrogen and oxygen atoms in total. The summed E-state index contributed by atoms with van der Waals surface area (Å²) in [5, 5.41) is 1.14. The van der Waals surface area contributed by atoms with Crippen LogP contribution in [0, 0.1) is 0 Å². The zero-order valence-electron chi connectivity index (χ0n) is 7.47. The number of hydrogen-bond acceptors (Lipinski definition) is 3. The van der Waals surface area contributed by atoms with Gasteiger partial charge in [0.15, 0.2) is 0 Å². The lowest BCUT2D eigenvalue weighted by atomic mass is 10.3. The lowest BCUT2D eigenvalue weighted by Gasteiger charge is -1.85. The number of para-hydroxylation sites is 1. The van der Waals surface area contributed by atoms with Crippen molar-refractivity contribution in [1.29, 1.82) is 0 Å². The van der Waals surface area contributed by atoms with E-state index in [1.807, 2.05) is 18.2 Å². The first-order valence-corrected chi connectivity index (χ1v) is 4.76. The van der Waals surface area contributed by atoms with Crippen LogP contribution in [-0.2, 0) is 6.42 Å². The molecule has 0 aliphatic carbocycles. The molecule has 0 spiro atoms. The maximum atomic E-state index is 5.45. The molecule has 2 rings (SSSR count). The van der Waals surface area contributed by atoms with Crippen LogP contribution in [0.1, 0.15) is 5.01 Å².